The first-order valence-electron chi connectivity index (χ1n) is 5.43. The Bertz CT molecular complexity index is 585. The van der Waals surface area contributed by atoms with Crippen molar-refractivity contribution in [2.24, 2.45) is 0 Å². The molecule has 0 saturated heterocycles. The van der Waals surface area contributed by atoms with Gasteiger partial charge in [-0.3, -0.25) is 25.4 Å². The average Bonchev–Trinajstić information content (AvgIpc) is 2.46. The van der Waals surface area contributed by atoms with E-state index in [0.29, 0.717) is 11.1 Å². The Balaban J connectivity index is 1.94. The van der Waals surface area contributed by atoms with E-state index in [1.165, 1.54) is 6.20 Å². The van der Waals surface area contributed by atoms with Crippen LogP contribution in [0.1, 0.15) is 20.7 Å². The van der Waals surface area contributed by atoms with Crippen LogP contribution in [0.2, 0.25) is 0 Å². The van der Waals surface area contributed by atoms with Crippen LogP contribution in [0.5, 0.6) is 0 Å². The molecule has 6 heteroatoms. The highest BCUT2D eigenvalue weighted by Crippen LogP contribution is 2.10. The Labute approximate surface area is 118 Å². The van der Waals surface area contributed by atoms with Crippen LogP contribution in [0.15, 0.2) is 53.3 Å². The zero-order valence-corrected chi connectivity index (χ0v) is 11.3. The number of hydrogen-bond donors (Lipinski definition) is 2. The number of carbonyl (C=O) groups excluding carboxylic acids is 2. The van der Waals surface area contributed by atoms with Gasteiger partial charge in [-0.2, -0.15) is 0 Å². The van der Waals surface area contributed by atoms with Crippen molar-refractivity contribution in [3.8, 4) is 0 Å². The average molecular weight is 320 g/mol. The smallest absolute Gasteiger partial charge is 0.267 e. The molecule has 1 heterocycles. The molecule has 0 atom stereocenters. The van der Waals surface area contributed by atoms with E-state index in [9.17, 15) is 9.59 Å². The summed E-state index contributed by atoms with van der Waals surface area (Å²) in [5, 5.41) is 0. The molecule has 0 bridgehead atoms. The molecule has 1 aromatic heterocycles. The maximum atomic E-state index is 11.7. The number of nitrogens with zero attached hydrogens (tertiary/aromatic N) is 1. The summed E-state index contributed by atoms with van der Waals surface area (Å²) in [5.74, 6) is -0.802. The lowest BCUT2D eigenvalue weighted by Gasteiger charge is -2.07. The fraction of sp³-hybridized carbons (Fsp3) is 0. The molecule has 2 amide bonds. The van der Waals surface area contributed by atoms with Crippen molar-refractivity contribution in [2.75, 3.05) is 0 Å². The first-order chi connectivity index (χ1) is 9.16. The minimum absolute atomic E-state index is 0.374. The molecular formula is C13H10BrN3O2. The largest absolute Gasteiger partial charge is 0.271 e. The molecule has 0 aliphatic carbocycles. The summed E-state index contributed by atoms with van der Waals surface area (Å²) in [6.07, 6.45) is 2.98. The minimum Gasteiger partial charge on any atom is -0.267 e. The SMILES string of the molecule is O=C(NNC(=O)c1cccnc1)c1ccc(Br)cc1. The topological polar surface area (TPSA) is 71.1 Å². The number of pyridine rings is 1. The van der Waals surface area contributed by atoms with Crippen LogP contribution in [0.25, 0.3) is 0 Å². The third-order valence-corrected chi connectivity index (χ3v) is 2.85. The summed E-state index contributed by atoms with van der Waals surface area (Å²) in [5.41, 5.74) is 5.48. The molecule has 2 N–H and O–H groups in total. The van der Waals surface area contributed by atoms with Gasteiger partial charge < -0.3 is 0 Å². The van der Waals surface area contributed by atoms with Gasteiger partial charge >= 0.3 is 0 Å². The van der Waals surface area contributed by atoms with Crippen LogP contribution in [-0.4, -0.2) is 16.8 Å². The van der Waals surface area contributed by atoms with E-state index in [4.69, 9.17) is 0 Å². The summed E-state index contributed by atoms with van der Waals surface area (Å²) in [7, 11) is 0. The van der Waals surface area contributed by atoms with Gasteiger partial charge in [0.2, 0.25) is 0 Å². The Morgan fingerprint density at radius 3 is 2.16 bits per heavy atom. The lowest BCUT2D eigenvalue weighted by Crippen LogP contribution is -2.41. The Kier molecular flexibility index (Phi) is 4.25. The standard InChI is InChI=1S/C13H10BrN3O2/c14-11-5-3-9(4-6-11)12(18)16-17-13(19)10-2-1-7-15-8-10/h1-8H,(H,16,18)(H,17,19). The molecule has 0 fully saturated rings. The predicted octanol–water partition coefficient (Wildman–Crippen LogP) is 1.92. The maximum Gasteiger partial charge on any atom is 0.271 e. The lowest BCUT2D eigenvalue weighted by molar-refractivity contribution is 0.0846. The van der Waals surface area contributed by atoms with Crippen molar-refractivity contribution in [1.29, 1.82) is 0 Å². The van der Waals surface area contributed by atoms with Crippen LogP contribution < -0.4 is 10.9 Å². The van der Waals surface area contributed by atoms with Gasteiger partial charge in [-0.15, -0.1) is 0 Å². The van der Waals surface area contributed by atoms with Crippen LogP contribution in [0.4, 0.5) is 0 Å². The zero-order chi connectivity index (χ0) is 13.7. The van der Waals surface area contributed by atoms with Gasteiger partial charge in [0.15, 0.2) is 0 Å². The number of benzene rings is 1. The normalized spacial score (nSPS) is 9.74. The Morgan fingerprint density at radius 1 is 0.947 bits per heavy atom. The van der Waals surface area contributed by atoms with E-state index in [2.05, 4.69) is 31.8 Å². The Morgan fingerprint density at radius 2 is 1.58 bits per heavy atom. The highest BCUT2D eigenvalue weighted by Gasteiger charge is 2.08. The number of aromatic nitrogens is 1. The highest BCUT2D eigenvalue weighted by atomic mass is 79.9. The van der Waals surface area contributed by atoms with E-state index in [-0.39, 0.29) is 5.91 Å². The zero-order valence-electron chi connectivity index (χ0n) is 9.76. The maximum absolute atomic E-state index is 11.7. The first-order valence-corrected chi connectivity index (χ1v) is 6.22. The fourth-order valence-corrected chi connectivity index (χ4v) is 1.62. The van der Waals surface area contributed by atoms with Crippen LogP contribution in [-0.2, 0) is 0 Å². The molecular weight excluding hydrogens is 310 g/mol. The molecule has 2 rings (SSSR count). The summed E-state index contributed by atoms with van der Waals surface area (Å²) in [6, 6.07) is 10.0. The molecule has 0 saturated carbocycles. The molecule has 0 aliphatic rings. The van der Waals surface area contributed by atoms with E-state index < -0.39 is 5.91 Å². The number of nitrogens with one attached hydrogen (secondary N) is 2. The molecule has 5 nitrogen and oxygen atoms in total. The van der Waals surface area contributed by atoms with Crippen molar-refractivity contribution >= 4 is 27.7 Å². The molecule has 1 aromatic carbocycles. The van der Waals surface area contributed by atoms with Gasteiger partial charge in [0.05, 0.1) is 5.56 Å². The highest BCUT2D eigenvalue weighted by molar-refractivity contribution is 9.10. The summed E-state index contributed by atoms with van der Waals surface area (Å²) >= 11 is 3.28. The minimum atomic E-state index is -0.418. The van der Waals surface area contributed by atoms with Gasteiger partial charge in [-0.05, 0) is 36.4 Å². The fourth-order valence-electron chi connectivity index (χ4n) is 1.36. The second kappa shape index (κ2) is 6.10. The Hall–Kier alpha value is -2.21. The molecule has 0 radical (unpaired) electrons. The third-order valence-electron chi connectivity index (χ3n) is 2.32. The van der Waals surface area contributed by atoms with Crippen LogP contribution in [0, 0.1) is 0 Å². The van der Waals surface area contributed by atoms with Crippen molar-refractivity contribution in [3.05, 3.63) is 64.4 Å². The molecule has 0 spiro atoms. The second-order valence-corrected chi connectivity index (χ2v) is 4.57. The molecule has 2 aromatic rings. The summed E-state index contributed by atoms with van der Waals surface area (Å²) < 4.78 is 0.878. The number of hydrazine groups is 1. The molecule has 0 unspecified atom stereocenters. The van der Waals surface area contributed by atoms with Crippen molar-refractivity contribution in [2.45, 2.75) is 0 Å². The van der Waals surface area contributed by atoms with Gasteiger partial charge in [0.25, 0.3) is 11.8 Å². The quantitative estimate of drug-likeness (QED) is 0.831. The molecule has 96 valence electrons. The van der Waals surface area contributed by atoms with Crippen molar-refractivity contribution in [1.82, 2.24) is 15.8 Å². The van der Waals surface area contributed by atoms with Crippen molar-refractivity contribution in [3.63, 3.8) is 0 Å². The third kappa shape index (κ3) is 3.62. The number of carbonyl (C=O) groups is 2. The van der Waals surface area contributed by atoms with Gasteiger partial charge in [-0.25, -0.2) is 0 Å². The van der Waals surface area contributed by atoms with E-state index in [0.717, 1.165) is 4.47 Å². The summed E-state index contributed by atoms with van der Waals surface area (Å²) in [4.78, 5) is 27.2. The first kappa shape index (κ1) is 13.2. The lowest BCUT2D eigenvalue weighted by atomic mass is 10.2. The van der Waals surface area contributed by atoms with Gasteiger partial charge in [0.1, 0.15) is 0 Å². The van der Waals surface area contributed by atoms with Crippen LogP contribution in [0.3, 0.4) is 0 Å². The second-order valence-electron chi connectivity index (χ2n) is 3.66. The van der Waals surface area contributed by atoms with Gasteiger partial charge in [-0.1, -0.05) is 15.9 Å². The molecule has 19 heavy (non-hydrogen) atoms. The monoisotopic (exact) mass is 319 g/mol. The van der Waals surface area contributed by atoms with E-state index in [1.807, 2.05) is 0 Å². The van der Waals surface area contributed by atoms with Crippen LogP contribution >= 0.6 is 15.9 Å². The summed E-state index contributed by atoms with van der Waals surface area (Å²) in [6.45, 7) is 0. The number of halogens is 1. The van der Waals surface area contributed by atoms with E-state index >= 15 is 0 Å². The molecule has 0 aliphatic heterocycles. The van der Waals surface area contributed by atoms with E-state index in [1.54, 1.807) is 42.6 Å². The predicted molar refractivity (Wildman–Crippen MR) is 73.3 cm³/mol. The number of amides is 2. The van der Waals surface area contributed by atoms with Gasteiger partial charge in [0, 0.05) is 22.4 Å². The number of rotatable bonds is 2. The number of hydrogen-bond acceptors (Lipinski definition) is 3. The van der Waals surface area contributed by atoms with Crippen molar-refractivity contribution < 1.29 is 9.59 Å².